The molecule has 0 radical (unpaired) electrons. The first-order valence-electron chi connectivity index (χ1n) is 10.7. The van der Waals surface area contributed by atoms with Gasteiger partial charge in [0, 0.05) is 22.2 Å². The van der Waals surface area contributed by atoms with Crippen molar-refractivity contribution in [2.45, 2.75) is 62.4 Å². The number of benzene rings is 2. The van der Waals surface area contributed by atoms with E-state index in [4.69, 9.17) is 0 Å². The molecule has 166 valence electrons. The zero-order valence-corrected chi connectivity index (χ0v) is 19.8. The Morgan fingerprint density at radius 3 is 2.48 bits per heavy atom. The molecule has 1 saturated carbocycles. The van der Waals surface area contributed by atoms with Crippen molar-refractivity contribution in [1.29, 1.82) is 0 Å². The summed E-state index contributed by atoms with van der Waals surface area (Å²) in [5.41, 5.74) is 1.91. The Hall–Kier alpha value is -1.77. The van der Waals surface area contributed by atoms with Crippen molar-refractivity contribution in [2.24, 2.45) is 0 Å². The first kappa shape index (κ1) is 22.4. The molecule has 2 aromatic carbocycles. The van der Waals surface area contributed by atoms with Gasteiger partial charge in [0.1, 0.15) is 5.82 Å². The van der Waals surface area contributed by atoms with Crippen LogP contribution in [0.3, 0.4) is 0 Å². The fraction of sp³-hybridized carbons (Fsp3) is 0.435. The number of amides is 1. The molecule has 8 heteroatoms. The fourth-order valence-electron chi connectivity index (χ4n) is 4.71. The molecule has 0 saturated heterocycles. The summed E-state index contributed by atoms with van der Waals surface area (Å²) in [5.74, 6) is -0.724. The maximum absolute atomic E-state index is 13.5. The van der Waals surface area contributed by atoms with E-state index < -0.39 is 15.8 Å². The second-order valence-corrected chi connectivity index (χ2v) is 11.2. The Bertz CT molecular complexity index is 1070. The summed E-state index contributed by atoms with van der Waals surface area (Å²) in [6.45, 7) is 1.76. The number of fused-ring (bicyclic) bond motifs is 1. The molecule has 1 heterocycles. The number of sulfonamides is 1. The summed E-state index contributed by atoms with van der Waals surface area (Å²) in [6, 6.07) is 10.4. The van der Waals surface area contributed by atoms with Gasteiger partial charge < -0.3 is 4.90 Å². The van der Waals surface area contributed by atoms with Crippen molar-refractivity contribution in [3.05, 3.63) is 58.3 Å². The van der Waals surface area contributed by atoms with Crippen molar-refractivity contribution in [3.8, 4) is 0 Å². The molecule has 1 atom stereocenters. The summed E-state index contributed by atoms with van der Waals surface area (Å²) in [4.78, 5) is 15.2. The lowest BCUT2D eigenvalue weighted by atomic mass is 9.95. The molecular formula is C23H26BrFN2O3S. The van der Waals surface area contributed by atoms with Crippen molar-refractivity contribution >= 4 is 37.5 Å². The number of carbonyl (C=O) groups is 1. The van der Waals surface area contributed by atoms with Gasteiger partial charge in [-0.2, -0.15) is 4.31 Å². The van der Waals surface area contributed by atoms with E-state index in [0.717, 1.165) is 66.4 Å². The highest BCUT2D eigenvalue weighted by molar-refractivity contribution is 9.10. The van der Waals surface area contributed by atoms with E-state index in [2.05, 4.69) is 15.9 Å². The smallest absolute Gasteiger partial charge is 0.243 e. The molecule has 0 aromatic heterocycles. The molecule has 0 N–H and O–H groups in total. The SMILES string of the molecule is C[C@H]1Cc2cc(Br)ccc2N1C(=O)CN(C1CCCCC1)S(=O)(=O)c1ccc(F)cc1. The number of hydrogen-bond acceptors (Lipinski definition) is 3. The molecule has 4 rings (SSSR count). The van der Waals surface area contributed by atoms with Crippen LogP contribution in [0.4, 0.5) is 10.1 Å². The van der Waals surface area contributed by atoms with E-state index in [-0.39, 0.29) is 29.4 Å². The molecule has 2 aliphatic rings. The highest BCUT2D eigenvalue weighted by atomic mass is 79.9. The predicted octanol–water partition coefficient (Wildman–Crippen LogP) is 4.89. The Morgan fingerprint density at radius 1 is 1.13 bits per heavy atom. The Morgan fingerprint density at radius 2 is 1.81 bits per heavy atom. The highest BCUT2D eigenvalue weighted by Crippen LogP contribution is 2.35. The summed E-state index contributed by atoms with van der Waals surface area (Å²) in [6.07, 6.45) is 5.13. The first-order chi connectivity index (χ1) is 14.8. The van der Waals surface area contributed by atoms with Crippen molar-refractivity contribution in [1.82, 2.24) is 4.31 Å². The molecule has 2 aromatic rings. The third-order valence-electron chi connectivity index (χ3n) is 6.22. The van der Waals surface area contributed by atoms with Crippen molar-refractivity contribution in [2.75, 3.05) is 11.4 Å². The maximum atomic E-state index is 13.5. The van der Waals surface area contributed by atoms with Crippen LogP contribution in [0.5, 0.6) is 0 Å². The van der Waals surface area contributed by atoms with Crippen LogP contribution >= 0.6 is 15.9 Å². The fourth-order valence-corrected chi connectivity index (χ4v) is 6.75. The minimum atomic E-state index is -3.93. The standard InChI is InChI=1S/C23H26BrFN2O3S/c1-16-13-17-14-18(24)7-12-22(17)27(16)23(28)15-26(20-5-3-2-4-6-20)31(29,30)21-10-8-19(25)9-11-21/h7-12,14,16,20H,2-6,13,15H2,1H3/t16-/m0/s1. The van der Waals surface area contributed by atoms with Gasteiger partial charge >= 0.3 is 0 Å². The van der Waals surface area contributed by atoms with Crippen LogP contribution in [0.1, 0.15) is 44.6 Å². The summed E-state index contributed by atoms with van der Waals surface area (Å²) in [7, 11) is -3.93. The van der Waals surface area contributed by atoms with Gasteiger partial charge in [-0.25, -0.2) is 12.8 Å². The van der Waals surface area contributed by atoms with Crippen LogP contribution in [0.25, 0.3) is 0 Å². The van der Waals surface area contributed by atoms with Gasteiger partial charge in [-0.1, -0.05) is 35.2 Å². The van der Waals surface area contributed by atoms with Crippen LogP contribution in [0.15, 0.2) is 51.8 Å². The highest BCUT2D eigenvalue weighted by Gasteiger charge is 2.38. The predicted molar refractivity (Wildman–Crippen MR) is 122 cm³/mol. The zero-order valence-electron chi connectivity index (χ0n) is 17.4. The van der Waals surface area contributed by atoms with Gasteiger partial charge in [0.2, 0.25) is 15.9 Å². The van der Waals surface area contributed by atoms with Gasteiger partial charge in [-0.3, -0.25) is 4.79 Å². The van der Waals surface area contributed by atoms with Gasteiger partial charge in [-0.15, -0.1) is 0 Å². The molecule has 1 aliphatic heterocycles. The van der Waals surface area contributed by atoms with Crippen LogP contribution < -0.4 is 4.90 Å². The maximum Gasteiger partial charge on any atom is 0.243 e. The summed E-state index contributed by atoms with van der Waals surface area (Å²) >= 11 is 3.47. The Kier molecular flexibility index (Phi) is 6.51. The average Bonchev–Trinajstić information content (AvgIpc) is 3.07. The topological polar surface area (TPSA) is 57.7 Å². The number of carbonyl (C=O) groups excluding carboxylic acids is 1. The van der Waals surface area contributed by atoms with Gasteiger partial charge in [0.15, 0.2) is 0 Å². The second-order valence-electron chi connectivity index (χ2n) is 8.39. The van der Waals surface area contributed by atoms with Crippen LogP contribution in [0.2, 0.25) is 0 Å². The molecule has 31 heavy (non-hydrogen) atoms. The summed E-state index contributed by atoms with van der Waals surface area (Å²) in [5, 5.41) is 0. The number of anilines is 1. The Balaban J connectivity index is 1.65. The molecule has 0 bridgehead atoms. The van der Waals surface area contributed by atoms with Gasteiger partial charge in [-0.05, 0) is 74.2 Å². The second kappa shape index (κ2) is 9.00. The normalized spacial score (nSPS) is 19.6. The lowest BCUT2D eigenvalue weighted by Gasteiger charge is -2.34. The quantitative estimate of drug-likeness (QED) is 0.577. The minimum absolute atomic E-state index is 0.0195. The molecular weight excluding hydrogens is 483 g/mol. The third-order valence-corrected chi connectivity index (χ3v) is 8.62. The van der Waals surface area contributed by atoms with E-state index in [0.29, 0.717) is 0 Å². The number of hydrogen-bond donors (Lipinski definition) is 0. The first-order valence-corrected chi connectivity index (χ1v) is 12.9. The molecule has 0 spiro atoms. The van der Waals surface area contributed by atoms with E-state index in [1.165, 1.54) is 16.4 Å². The van der Waals surface area contributed by atoms with E-state index in [1.807, 2.05) is 25.1 Å². The molecule has 5 nitrogen and oxygen atoms in total. The van der Waals surface area contributed by atoms with E-state index in [9.17, 15) is 17.6 Å². The number of rotatable bonds is 5. The Labute approximate surface area is 191 Å². The van der Waals surface area contributed by atoms with Crippen molar-refractivity contribution in [3.63, 3.8) is 0 Å². The van der Waals surface area contributed by atoms with Gasteiger partial charge in [0.05, 0.1) is 11.4 Å². The lowest BCUT2D eigenvalue weighted by Crippen LogP contribution is -2.49. The molecule has 1 fully saturated rings. The summed E-state index contributed by atoms with van der Waals surface area (Å²) < 4.78 is 42.7. The number of nitrogens with zero attached hydrogens (tertiary/aromatic N) is 2. The van der Waals surface area contributed by atoms with Crippen LogP contribution in [0, 0.1) is 5.82 Å². The molecule has 1 aliphatic carbocycles. The monoisotopic (exact) mass is 508 g/mol. The van der Waals surface area contributed by atoms with Crippen molar-refractivity contribution < 1.29 is 17.6 Å². The minimum Gasteiger partial charge on any atom is -0.308 e. The lowest BCUT2D eigenvalue weighted by molar-refractivity contribution is -0.119. The van der Waals surface area contributed by atoms with E-state index >= 15 is 0 Å². The molecule has 0 unspecified atom stereocenters. The van der Waals surface area contributed by atoms with Crippen LogP contribution in [-0.4, -0.2) is 37.3 Å². The molecule has 1 amide bonds. The average molecular weight is 509 g/mol. The third kappa shape index (κ3) is 4.56. The zero-order chi connectivity index (χ0) is 22.2. The number of halogens is 2. The van der Waals surface area contributed by atoms with E-state index in [1.54, 1.807) is 4.90 Å². The van der Waals surface area contributed by atoms with Gasteiger partial charge in [0.25, 0.3) is 0 Å². The largest absolute Gasteiger partial charge is 0.308 e. The van der Waals surface area contributed by atoms with Crippen LogP contribution in [-0.2, 0) is 21.2 Å².